The third-order valence-electron chi connectivity index (χ3n) is 4.99. The molecule has 2 aromatic rings. The van der Waals surface area contributed by atoms with E-state index in [1.54, 1.807) is 11.5 Å². The van der Waals surface area contributed by atoms with E-state index in [9.17, 15) is 14.4 Å². The molecule has 2 amide bonds. The average molecular weight is 450 g/mol. The van der Waals surface area contributed by atoms with E-state index in [0.29, 0.717) is 17.3 Å². The summed E-state index contributed by atoms with van der Waals surface area (Å²) in [7, 11) is 0. The maximum atomic E-state index is 12.4. The number of hydrogen-bond donors (Lipinski definition) is 0. The molecule has 0 radical (unpaired) electrons. The van der Waals surface area contributed by atoms with Crippen LogP contribution < -0.4 is 4.80 Å². The summed E-state index contributed by atoms with van der Waals surface area (Å²) < 4.78 is 7.70. The number of nitrogens with zero attached hydrogens (tertiary/aromatic N) is 3. The number of rotatable bonds is 7. The van der Waals surface area contributed by atoms with Crippen LogP contribution in [0.2, 0.25) is 0 Å². The fourth-order valence-electron chi connectivity index (χ4n) is 3.31. The molecule has 0 bridgehead atoms. The average Bonchev–Trinajstić information content (AvgIpc) is 3.05. The highest BCUT2D eigenvalue weighted by Crippen LogP contribution is 2.18. The minimum absolute atomic E-state index is 0.00295. The zero-order valence-corrected chi connectivity index (χ0v) is 19.0. The van der Waals surface area contributed by atoms with Crippen LogP contribution >= 0.6 is 23.1 Å². The van der Waals surface area contributed by atoms with Gasteiger partial charge in [0.15, 0.2) is 4.80 Å². The van der Waals surface area contributed by atoms with Crippen molar-refractivity contribution < 1.29 is 19.1 Å². The maximum absolute atomic E-state index is 12.4. The Labute approximate surface area is 184 Å². The minimum atomic E-state index is -0.370. The van der Waals surface area contributed by atoms with E-state index in [2.05, 4.69) is 11.9 Å². The number of ether oxygens (including phenoxy) is 1. The van der Waals surface area contributed by atoms with Gasteiger partial charge in [-0.05, 0) is 37.8 Å². The van der Waals surface area contributed by atoms with Gasteiger partial charge in [-0.1, -0.05) is 30.4 Å². The number of hydrogen-bond acceptors (Lipinski definition) is 6. The largest absolute Gasteiger partial charge is 0.465 e. The van der Waals surface area contributed by atoms with Crippen molar-refractivity contribution in [3.05, 3.63) is 29.1 Å². The summed E-state index contributed by atoms with van der Waals surface area (Å²) in [5.74, 6) is 0.479. The molecule has 0 unspecified atom stereocenters. The molecule has 30 heavy (non-hydrogen) atoms. The molecule has 0 spiro atoms. The summed E-state index contributed by atoms with van der Waals surface area (Å²) in [6.07, 6.45) is 2.08. The smallest absolute Gasteiger partial charge is 0.326 e. The molecule has 0 atom stereocenters. The van der Waals surface area contributed by atoms with Gasteiger partial charge in [0.2, 0.25) is 5.91 Å². The van der Waals surface area contributed by atoms with Crippen molar-refractivity contribution in [2.45, 2.75) is 33.2 Å². The SMILES string of the molecule is CCOC(=O)Cn1c(=NC(=O)CSCC(=O)N2CCC(C)CC2)sc2ccccc21. The number of piperidine rings is 1. The Bertz CT molecular complexity index is 974. The van der Waals surface area contributed by atoms with Crippen LogP contribution in [0, 0.1) is 5.92 Å². The second-order valence-corrected chi connectivity index (χ2v) is 9.30. The van der Waals surface area contributed by atoms with Crippen LogP contribution in [0.4, 0.5) is 0 Å². The molecule has 7 nitrogen and oxygen atoms in total. The summed E-state index contributed by atoms with van der Waals surface area (Å²) >= 11 is 2.65. The summed E-state index contributed by atoms with van der Waals surface area (Å²) in [4.78, 5) is 43.3. The number of para-hydroxylation sites is 1. The van der Waals surface area contributed by atoms with Gasteiger partial charge in [-0.15, -0.1) is 11.8 Å². The van der Waals surface area contributed by atoms with E-state index in [-0.39, 0.29) is 35.8 Å². The van der Waals surface area contributed by atoms with E-state index in [0.717, 1.165) is 36.1 Å². The first-order chi connectivity index (χ1) is 14.5. The van der Waals surface area contributed by atoms with Crippen molar-refractivity contribution in [1.82, 2.24) is 9.47 Å². The predicted octanol–water partition coefficient (Wildman–Crippen LogP) is 2.68. The zero-order chi connectivity index (χ0) is 21.5. The quantitative estimate of drug-likeness (QED) is 0.607. The van der Waals surface area contributed by atoms with Crippen molar-refractivity contribution in [1.29, 1.82) is 0 Å². The molecule has 1 aromatic heterocycles. The molecule has 1 fully saturated rings. The lowest BCUT2D eigenvalue weighted by Gasteiger charge is -2.30. The normalized spacial score (nSPS) is 15.5. The second kappa shape index (κ2) is 10.8. The number of likely N-dealkylation sites (tertiary alicyclic amines) is 1. The van der Waals surface area contributed by atoms with Crippen molar-refractivity contribution in [3.8, 4) is 0 Å². The van der Waals surface area contributed by atoms with Crippen molar-refractivity contribution in [2.75, 3.05) is 31.2 Å². The molecule has 1 aromatic carbocycles. The predicted molar refractivity (Wildman–Crippen MR) is 119 cm³/mol. The number of carbonyl (C=O) groups excluding carboxylic acids is 3. The lowest BCUT2D eigenvalue weighted by Crippen LogP contribution is -2.39. The molecular formula is C21H27N3O4S2. The van der Waals surface area contributed by atoms with E-state index >= 15 is 0 Å². The summed E-state index contributed by atoms with van der Waals surface area (Å²) in [6.45, 7) is 5.87. The van der Waals surface area contributed by atoms with Crippen molar-refractivity contribution in [2.24, 2.45) is 10.9 Å². The fraction of sp³-hybridized carbons (Fsp3) is 0.524. The van der Waals surface area contributed by atoms with Gasteiger partial charge >= 0.3 is 5.97 Å². The Morgan fingerprint density at radius 2 is 1.93 bits per heavy atom. The monoisotopic (exact) mass is 449 g/mol. The zero-order valence-electron chi connectivity index (χ0n) is 17.3. The molecule has 1 aliphatic rings. The number of fused-ring (bicyclic) bond motifs is 1. The molecule has 3 rings (SSSR count). The van der Waals surface area contributed by atoms with Gasteiger partial charge in [-0.3, -0.25) is 14.4 Å². The van der Waals surface area contributed by atoms with E-state index in [1.807, 2.05) is 29.2 Å². The highest BCUT2D eigenvalue weighted by Gasteiger charge is 2.20. The Kier molecular flexibility index (Phi) is 8.09. The standard InChI is InChI=1S/C21H27N3O4S2/c1-3-28-20(27)12-24-16-6-4-5-7-17(16)30-21(24)22-18(25)13-29-14-19(26)23-10-8-15(2)9-11-23/h4-7,15H,3,8-14H2,1-2H3. The summed E-state index contributed by atoms with van der Waals surface area (Å²) in [5.41, 5.74) is 0.837. The number of thioether (sulfide) groups is 1. The molecule has 9 heteroatoms. The van der Waals surface area contributed by atoms with Gasteiger partial charge in [0.25, 0.3) is 5.91 Å². The van der Waals surface area contributed by atoms with Crippen LogP contribution in [-0.2, 0) is 25.7 Å². The summed E-state index contributed by atoms with van der Waals surface area (Å²) in [6, 6.07) is 7.60. The molecule has 162 valence electrons. The molecule has 1 saturated heterocycles. The number of esters is 1. The van der Waals surface area contributed by atoms with Crippen LogP contribution in [0.25, 0.3) is 10.2 Å². The van der Waals surface area contributed by atoms with Crippen molar-refractivity contribution in [3.63, 3.8) is 0 Å². The van der Waals surface area contributed by atoms with Crippen LogP contribution in [0.5, 0.6) is 0 Å². The summed E-state index contributed by atoms with van der Waals surface area (Å²) in [5, 5.41) is 0. The maximum Gasteiger partial charge on any atom is 0.326 e. The lowest BCUT2D eigenvalue weighted by atomic mass is 9.99. The topological polar surface area (TPSA) is 81.0 Å². The fourth-order valence-corrected chi connectivity index (χ4v) is 5.05. The highest BCUT2D eigenvalue weighted by molar-refractivity contribution is 8.00. The molecular weight excluding hydrogens is 422 g/mol. The number of aromatic nitrogens is 1. The first-order valence-corrected chi connectivity index (χ1v) is 12.1. The van der Waals surface area contributed by atoms with E-state index in [1.165, 1.54) is 23.1 Å². The van der Waals surface area contributed by atoms with Crippen LogP contribution in [0.1, 0.15) is 26.7 Å². The van der Waals surface area contributed by atoms with Crippen LogP contribution in [0.3, 0.4) is 0 Å². The van der Waals surface area contributed by atoms with E-state index < -0.39 is 0 Å². The molecule has 0 N–H and O–H groups in total. The van der Waals surface area contributed by atoms with Gasteiger partial charge < -0.3 is 14.2 Å². The molecule has 1 aliphatic heterocycles. The van der Waals surface area contributed by atoms with Gasteiger partial charge in [-0.25, -0.2) is 0 Å². The number of thiazole rings is 1. The Balaban J connectivity index is 1.64. The van der Waals surface area contributed by atoms with Gasteiger partial charge in [-0.2, -0.15) is 4.99 Å². The van der Waals surface area contributed by atoms with Gasteiger partial charge in [0, 0.05) is 13.1 Å². The number of amides is 2. The van der Waals surface area contributed by atoms with E-state index in [4.69, 9.17) is 4.74 Å². The molecule has 0 aliphatic carbocycles. The molecule has 2 heterocycles. The van der Waals surface area contributed by atoms with Crippen LogP contribution in [-0.4, -0.2) is 58.5 Å². The van der Waals surface area contributed by atoms with Crippen LogP contribution in [0.15, 0.2) is 29.3 Å². The Morgan fingerprint density at radius 1 is 1.20 bits per heavy atom. The Hall–Kier alpha value is -2.13. The number of carbonyl (C=O) groups is 3. The third-order valence-corrected chi connectivity index (χ3v) is 6.95. The van der Waals surface area contributed by atoms with Gasteiger partial charge in [0.05, 0.1) is 28.3 Å². The third kappa shape index (κ3) is 5.95. The second-order valence-electron chi connectivity index (χ2n) is 7.31. The van der Waals surface area contributed by atoms with Crippen molar-refractivity contribution >= 4 is 51.1 Å². The first-order valence-electron chi connectivity index (χ1n) is 10.1. The van der Waals surface area contributed by atoms with Gasteiger partial charge in [0.1, 0.15) is 6.54 Å². The Morgan fingerprint density at radius 3 is 2.67 bits per heavy atom. The lowest BCUT2D eigenvalue weighted by molar-refractivity contribution is -0.143. The first kappa shape index (κ1) is 22.6. The molecule has 0 saturated carbocycles. The minimum Gasteiger partial charge on any atom is -0.465 e. The number of benzene rings is 1. The highest BCUT2D eigenvalue weighted by atomic mass is 32.2.